The highest BCUT2D eigenvalue weighted by Crippen LogP contribution is 2.32. The van der Waals surface area contributed by atoms with Crippen LogP contribution in [0.1, 0.15) is 30.9 Å². The van der Waals surface area contributed by atoms with E-state index in [0.717, 1.165) is 30.3 Å². The van der Waals surface area contributed by atoms with Gasteiger partial charge in [0.25, 0.3) is 0 Å². The first kappa shape index (κ1) is 14.0. The van der Waals surface area contributed by atoms with Crippen molar-refractivity contribution in [1.29, 1.82) is 0 Å². The van der Waals surface area contributed by atoms with Crippen molar-refractivity contribution >= 4 is 22.6 Å². The van der Waals surface area contributed by atoms with Gasteiger partial charge in [0.05, 0.1) is 22.9 Å². The van der Waals surface area contributed by atoms with Crippen LogP contribution in [0.5, 0.6) is 0 Å². The number of hydrogen-bond donors (Lipinski definition) is 3. The summed E-state index contributed by atoms with van der Waals surface area (Å²) >= 11 is 0. The quantitative estimate of drug-likeness (QED) is 0.692. The number of hydrogen-bond acceptors (Lipinski definition) is 3. The van der Waals surface area contributed by atoms with Gasteiger partial charge in [0.15, 0.2) is 5.82 Å². The molecule has 0 saturated heterocycles. The minimum Gasteiger partial charge on any atom is -0.337 e. The molecule has 3 N–H and O–H groups in total. The molecule has 1 amide bonds. The first-order chi connectivity index (χ1) is 11.2. The molecular weight excluding hydrogens is 290 g/mol. The van der Waals surface area contributed by atoms with Gasteiger partial charge in [-0.05, 0) is 49.4 Å². The van der Waals surface area contributed by atoms with E-state index in [0.29, 0.717) is 17.2 Å². The predicted octanol–water partition coefficient (Wildman–Crippen LogP) is 3.17. The molecule has 6 nitrogen and oxygen atoms in total. The minimum atomic E-state index is 0.0628. The highest BCUT2D eigenvalue weighted by molar-refractivity contribution is 5.97. The number of aromatic amines is 2. The monoisotopic (exact) mass is 309 g/mol. The van der Waals surface area contributed by atoms with Crippen LogP contribution in [0.25, 0.3) is 22.6 Å². The highest BCUT2D eigenvalue weighted by atomic mass is 16.2. The van der Waals surface area contributed by atoms with Crippen molar-refractivity contribution in [3.05, 3.63) is 29.5 Å². The van der Waals surface area contributed by atoms with Crippen LogP contribution in [0.4, 0.5) is 5.69 Å². The maximum absolute atomic E-state index is 12.0. The second-order valence-electron chi connectivity index (χ2n) is 6.16. The fraction of sp³-hybridized carbons (Fsp3) is 0.353. The number of fused-ring (bicyclic) bond motifs is 1. The lowest BCUT2D eigenvalue weighted by atomic mass is 10.1. The Morgan fingerprint density at radius 2 is 2.22 bits per heavy atom. The largest absolute Gasteiger partial charge is 0.337 e. The molecule has 1 fully saturated rings. The number of nitrogens with one attached hydrogen (secondary N) is 3. The van der Waals surface area contributed by atoms with Gasteiger partial charge in [-0.1, -0.05) is 6.92 Å². The molecule has 6 heteroatoms. The zero-order valence-corrected chi connectivity index (χ0v) is 13.2. The van der Waals surface area contributed by atoms with Crippen LogP contribution in [-0.4, -0.2) is 26.1 Å². The molecule has 2 heterocycles. The third-order valence-electron chi connectivity index (χ3n) is 4.40. The number of benzene rings is 1. The lowest BCUT2D eigenvalue weighted by Gasteiger charge is -2.02. The van der Waals surface area contributed by atoms with Crippen LogP contribution in [0.2, 0.25) is 0 Å². The Hall–Kier alpha value is -2.63. The van der Waals surface area contributed by atoms with Crippen molar-refractivity contribution < 1.29 is 4.79 Å². The van der Waals surface area contributed by atoms with E-state index in [2.05, 4.69) is 51.5 Å². The van der Waals surface area contributed by atoms with E-state index in [1.165, 1.54) is 11.1 Å². The van der Waals surface area contributed by atoms with E-state index in [-0.39, 0.29) is 11.8 Å². The standard InChI is InChI=1S/C17H19N5O/c1-3-10-7-13-12(6-9(10)2)19-16(20-13)15-14(8-18-22-15)21-17(23)11-4-5-11/h6-8,11H,3-5H2,1-2H3,(H,18,22)(H,19,20)(H,21,23). The number of carbonyl (C=O) groups is 1. The van der Waals surface area contributed by atoms with E-state index >= 15 is 0 Å². The number of amides is 1. The maximum Gasteiger partial charge on any atom is 0.227 e. The molecule has 1 aromatic carbocycles. The Bertz CT molecular complexity index is 888. The summed E-state index contributed by atoms with van der Waals surface area (Å²) < 4.78 is 0. The Morgan fingerprint density at radius 1 is 1.39 bits per heavy atom. The predicted molar refractivity (Wildman–Crippen MR) is 89.1 cm³/mol. The fourth-order valence-electron chi connectivity index (χ4n) is 2.85. The number of anilines is 1. The van der Waals surface area contributed by atoms with Gasteiger partial charge in [0.2, 0.25) is 5.91 Å². The highest BCUT2D eigenvalue weighted by Gasteiger charge is 2.30. The summed E-state index contributed by atoms with van der Waals surface area (Å²) in [6, 6.07) is 4.23. The van der Waals surface area contributed by atoms with Gasteiger partial charge in [-0.25, -0.2) is 4.98 Å². The molecule has 118 valence electrons. The molecule has 1 saturated carbocycles. The van der Waals surface area contributed by atoms with E-state index in [1.807, 2.05) is 0 Å². The summed E-state index contributed by atoms with van der Waals surface area (Å²) in [5.41, 5.74) is 5.85. The molecule has 4 rings (SSSR count). The Kier molecular flexibility index (Phi) is 3.18. The summed E-state index contributed by atoms with van der Waals surface area (Å²) in [4.78, 5) is 19.9. The fourth-order valence-corrected chi connectivity index (χ4v) is 2.85. The molecule has 0 radical (unpaired) electrons. The number of carbonyl (C=O) groups excluding carboxylic acids is 1. The van der Waals surface area contributed by atoms with Crippen LogP contribution in [0.15, 0.2) is 18.3 Å². The summed E-state index contributed by atoms with van der Waals surface area (Å²) in [5, 5.41) is 9.92. The van der Waals surface area contributed by atoms with Crippen LogP contribution in [-0.2, 0) is 11.2 Å². The molecular formula is C17H19N5O. The van der Waals surface area contributed by atoms with Crippen molar-refractivity contribution in [2.45, 2.75) is 33.1 Å². The first-order valence-corrected chi connectivity index (χ1v) is 7.99. The molecule has 1 aliphatic carbocycles. The Morgan fingerprint density at radius 3 is 2.96 bits per heavy atom. The number of rotatable bonds is 4. The maximum atomic E-state index is 12.0. The lowest BCUT2D eigenvalue weighted by molar-refractivity contribution is -0.117. The topological polar surface area (TPSA) is 86.5 Å². The zero-order valence-electron chi connectivity index (χ0n) is 13.2. The van der Waals surface area contributed by atoms with Gasteiger partial charge in [-0.2, -0.15) is 5.10 Å². The average molecular weight is 309 g/mol. The third kappa shape index (κ3) is 2.50. The van der Waals surface area contributed by atoms with E-state index in [9.17, 15) is 4.79 Å². The van der Waals surface area contributed by atoms with Crippen molar-refractivity contribution in [2.24, 2.45) is 5.92 Å². The van der Waals surface area contributed by atoms with Crippen molar-refractivity contribution in [2.75, 3.05) is 5.32 Å². The molecule has 0 atom stereocenters. The minimum absolute atomic E-state index is 0.0628. The van der Waals surface area contributed by atoms with E-state index in [4.69, 9.17) is 0 Å². The normalized spacial score (nSPS) is 14.3. The van der Waals surface area contributed by atoms with Crippen LogP contribution in [0, 0.1) is 12.8 Å². The molecule has 0 bridgehead atoms. The molecule has 0 spiro atoms. The van der Waals surface area contributed by atoms with Gasteiger partial charge in [0.1, 0.15) is 5.69 Å². The molecule has 0 aliphatic heterocycles. The summed E-state index contributed by atoms with van der Waals surface area (Å²) in [5.74, 6) is 0.910. The zero-order chi connectivity index (χ0) is 16.0. The molecule has 0 unspecified atom stereocenters. The number of nitrogens with zero attached hydrogens (tertiary/aromatic N) is 2. The lowest BCUT2D eigenvalue weighted by Crippen LogP contribution is -2.13. The van der Waals surface area contributed by atoms with E-state index in [1.54, 1.807) is 6.20 Å². The van der Waals surface area contributed by atoms with Crippen molar-refractivity contribution in [3.63, 3.8) is 0 Å². The molecule has 1 aliphatic rings. The first-order valence-electron chi connectivity index (χ1n) is 7.99. The van der Waals surface area contributed by atoms with Gasteiger partial charge < -0.3 is 10.3 Å². The Balaban J connectivity index is 1.71. The number of H-pyrrole nitrogens is 2. The van der Waals surface area contributed by atoms with Crippen molar-refractivity contribution in [1.82, 2.24) is 20.2 Å². The second kappa shape index (κ2) is 5.22. The molecule has 3 aromatic rings. The van der Waals surface area contributed by atoms with Crippen LogP contribution < -0.4 is 5.32 Å². The van der Waals surface area contributed by atoms with Gasteiger partial charge in [0, 0.05) is 5.92 Å². The Labute approximate surface area is 133 Å². The smallest absolute Gasteiger partial charge is 0.227 e. The summed E-state index contributed by atoms with van der Waals surface area (Å²) in [7, 11) is 0. The number of imidazole rings is 1. The summed E-state index contributed by atoms with van der Waals surface area (Å²) in [6.07, 6.45) is 4.56. The molecule has 2 aromatic heterocycles. The summed E-state index contributed by atoms with van der Waals surface area (Å²) in [6.45, 7) is 4.25. The van der Waals surface area contributed by atoms with Gasteiger partial charge in [-0.15, -0.1) is 0 Å². The SMILES string of the molecule is CCc1cc2nc(-c3[nH]ncc3NC(=O)C3CC3)[nH]c2cc1C. The van der Waals surface area contributed by atoms with Crippen molar-refractivity contribution in [3.8, 4) is 11.5 Å². The second-order valence-corrected chi connectivity index (χ2v) is 6.16. The van der Waals surface area contributed by atoms with Gasteiger partial charge >= 0.3 is 0 Å². The third-order valence-corrected chi connectivity index (χ3v) is 4.40. The van der Waals surface area contributed by atoms with Crippen LogP contribution in [0.3, 0.4) is 0 Å². The van der Waals surface area contributed by atoms with E-state index < -0.39 is 0 Å². The van der Waals surface area contributed by atoms with Gasteiger partial charge in [-0.3, -0.25) is 9.89 Å². The number of aryl methyl sites for hydroxylation is 2. The molecule has 23 heavy (non-hydrogen) atoms. The van der Waals surface area contributed by atoms with Crippen LogP contribution >= 0.6 is 0 Å². The average Bonchev–Trinajstić information content (AvgIpc) is 3.16. The number of aromatic nitrogens is 4.